The largest absolute Gasteiger partial charge is 0.361 e. The molecule has 0 N–H and O–H groups in total. The Balaban J connectivity index is 2.92. The van der Waals surface area contributed by atoms with Crippen LogP contribution in [-0.4, -0.2) is 43.3 Å². The Kier molecular flexibility index (Phi) is 3.72. The summed E-state index contributed by atoms with van der Waals surface area (Å²) in [4.78, 5) is 0. The van der Waals surface area contributed by atoms with Gasteiger partial charge in [-0.1, -0.05) is 5.16 Å². The van der Waals surface area contributed by atoms with Crippen LogP contribution in [0.1, 0.15) is 17.0 Å². The van der Waals surface area contributed by atoms with Crippen molar-refractivity contribution >= 4 is 10.2 Å². The average Bonchev–Trinajstić information content (AvgIpc) is 2.49. The summed E-state index contributed by atoms with van der Waals surface area (Å²) >= 11 is 0. The highest BCUT2D eigenvalue weighted by atomic mass is 32.2. The van der Waals surface area contributed by atoms with E-state index < -0.39 is 10.2 Å². The lowest BCUT2D eigenvalue weighted by atomic mass is 10.2. The molecule has 1 aromatic rings. The highest BCUT2D eigenvalue weighted by molar-refractivity contribution is 7.86. The number of hydrogen-bond acceptors (Lipinski definition) is 4. The first-order chi connectivity index (χ1) is 7.26. The van der Waals surface area contributed by atoms with Gasteiger partial charge in [0.15, 0.2) is 0 Å². The lowest BCUT2D eigenvalue weighted by molar-refractivity contribution is 0.387. The molecule has 0 aliphatic rings. The molecule has 1 heterocycles. The molecule has 0 unspecified atom stereocenters. The first kappa shape index (κ1) is 13.1. The van der Waals surface area contributed by atoms with E-state index in [-0.39, 0.29) is 6.54 Å². The van der Waals surface area contributed by atoms with Crippen molar-refractivity contribution in [2.75, 3.05) is 21.1 Å². The van der Waals surface area contributed by atoms with E-state index in [0.29, 0.717) is 5.76 Å². The van der Waals surface area contributed by atoms with Gasteiger partial charge in [-0.2, -0.15) is 17.0 Å². The SMILES string of the molecule is Cc1noc(C)c1CN(C)S(=O)(=O)N(C)C. The van der Waals surface area contributed by atoms with Crippen LogP contribution in [0.2, 0.25) is 0 Å². The van der Waals surface area contributed by atoms with E-state index >= 15 is 0 Å². The zero-order chi connectivity index (χ0) is 12.5. The lowest BCUT2D eigenvalue weighted by Crippen LogP contribution is -2.37. The minimum atomic E-state index is -3.39. The first-order valence-electron chi connectivity index (χ1n) is 4.82. The summed E-state index contributed by atoms with van der Waals surface area (Å²) in [7, 11) is 1.14. The Bertz CT molecular complexity index is 445. The average molecular weight is 247 g/mol. The number of rotatable bonds is 4. The number of hydrogen-bond donors (Lipinski definition) is 0. The van der Waals surface area contributed by atoms with Gasteiger partial charge in [0.2, 0.25) is 0 Å². The van der Waals surface area contributed by atoms with E-state index in [9.17, 15) is 8.42 Å². The van der Waals surface area contributed by atoms with Crippen molar-refractivity contribution in [3.8, 4) is 0 Å². The predicted octanol–water partition coefficient (Wildman–Crippen LogP) is 0.530. The van der Waals surface area contributed by atoms with Crippen LogP contribution in [0.5, 0.6) is 0 Å². The minimum absolute atomic E-state index is 0.266. The molecule has 0 radical (unpaired) electrons. The molecule has 16 heavy (non-hydrogen) atoms. The predicted molar refractivity (Wildman–Crippen MR) is 60.1 cm³/mol. The fourth-order valence-corrected chi connectivity index (χ4v) is 2.16. The van der Waals surface area contributed by atoms with Crippen LogP contribution in [-0.2, 0) is 16.8 Å². The zero-order valence-corrected chi connectivity index (χ0v) is 11.0. The van der Waals surface area contributed by atoms with E-state index in [4.69, 9.17) is 4.52 Å². The van der Waals surface area contributed by atoms with Crippen LogP contribution in [0.15, 0.2) is 4.52 Å². The molecule has 0 aromatic carbocycles. The van der Waals surface area contributed by atoms with Gasteiger partial charge in [-0.3, -0.25) is 0 Å². The molecule has 0 saturated carbocycles. The number of nitrogens with zero attached hydrogens (tertiary/aromatic N) is 3. The van der Waals surface area contributed by atoms with Crippen molar-refractivity contribution < 1.29 is 12.9 Å². The highest BCUT2D eigenvalue weighted by Crippen LogP contribution is 2.16. The van der Waals surface area contributed by atoms with Gasteiger partial charge >= 0.3 is 0 Å². The third-order valence-electron chi connectivity index (χ3n) is 2.42. The zero-order valence-electron chi connectivity index (χ0n) is 10.2. The quantitative estimate of drug-likeness (QED) is 0.778. The molecule has 0 spiro atoms. The molecule has 1 aromatic heterocycles. The van der Waals surface area contributed by atoms with Crippen LogP contribution in [0.25, 0.3) is 0 Å². The third-order valence-corrected chi connectivity index (χ3v) is 4.26. The van der Waals surface area contributed by atoms with Gasteiger partial charge in [-0.25, -0.2) is 0 Å². The van der Waals surface area contributed by atoms with Crippen LogP contribution in [0.3, 0.4) is 0 Å². The molecular formula is C9H17N3O3S. The standard InChI is InChI=1S/C9H17N3O3S/c1-7-9(8(2)15-10-7)6-12(5)16(13,14)11(3)4/h6H2,1-5H3. The summed E-state index contributed by atoms with van der Waals surface area (Å²) in [6.45, 7) is 3.83. The highest BCUT2D eigenvalue weighted by Gasteiger charge is 2.23. The van der Waals surface area contributed by atoms with Gasteiger partial charge in [-0.15, -0.1) is 0 Å². The summed E-state index contributed by atoms with van der Waals surface area (Å²) < 4.78 is 31.0. The molecule has 7 heteroatoms. The number of aryl methyl sites for hydroxylation is 2. The van der Waals surface area contributed by atoms with E-state index in [1.165, 1.54) is 29.8 Å². The Morgan fingerprint density at radius 1 is 1.25 bits per heavy atom. The van der Waals surface area contributed by atoms with Gasteiger partial charge in [0.05, 0.1) is 5.69 Å². The molecule has 0 atom stereocenters. The lowest BCUT2D eigenvalue weighted by Gasteiger charge is -2.21. The molecule has 92 valence electrons. The normalized spacial score (nSPS) is 12.7. The fraction of sp³-hybridized carbons (Fsp3) is 0.667. The maximum Gasteiger partial charge on any atom is 0.281 e. The van der Waals surface area contributed by atoms with Gasteiger partial charge < -0.3 is 4.52 Å². The van der Waals surface area contributed by atoms with E-state index in [0.717, 1.165) is 11.3 Å². The maximum absolute atomic E-state index is 11.8. The second-order valence-electron chi connectivity index (χ2n) is 3.85. The van der Waals surface area contributed by atoms with Crippen LogP contribution < -0.4 is 0 Å². The molecule has 0 amide bonds. The van der Waals surface area contributed by atoms with Gasteiger partial charge in [0, 0.05) is 33.3 Å². The van der Waals surface area contributed by atoms with Crippen molar-refractivity contribution in [2.45, 2.75) is 20.4 Å². The molecule has 0 aliphatic carbocycles. The van der Waals surface area contributed by atoms with Gasteiger partial charge in [0.25, 0.3) is 10.2 Å². The number of aromatic nitrogens is 1. The minimum Gasteiger partial charge on any atom is -0.361 e. The second kappa shape index (κ2) is 4.52. The first-order valence-corrected chi connectivity index (χ1v) is 6.22. The molecule has 1 rings (SSSR count). The Labute approximate surface area is 96.0 Å². The summed E-state index contributed by atoms with van der Waals surface area (Å²) in [5, 5.41) is 3.79. The van der Waals surface area contributed by atoms with E-state index in [1.54, 1.807) is 13.8 Å². The smallest absolute Gasteiger partial charge is 0.281 e. The van der Waals surface area contributed by atoms with Crippen molar-refractivity contribution in [1.82, 2.24) is 13.8 Å². The topological polar surface area (TPSA) is 66.7 Å². The molecule has 6 nitrogen and oxygen atoms in total. The monoisotopic (exact) mass is 247 g/mol. The molecule has 0 bridgehead atoms. The summed E-state index contributed by atoms with van der Waals surface area (Å²) in [6, 6.07) is 0. The molecule has 0 aliphatic heterocycles. The Morgan fingerprint density at radius 2 is 1.81 bits per heavy atom. The second-order valence-corrected chi connectivity index (χ2v) is 6.10. The Morgan fingerprint density at radius 3 is 2.19 bits per heavy atom. The fourth-order valence-electron chi connectivity index (χ4n) is 1.31. The van der Waals surface area contributed by atoms with Crippen molar-refractivity contribution in [3.63, 3.8) is 0 Å². The van der Waals surface area contributed by atoms with E-state index in [2.05, 4.69) is 5.16 Å². The van der Waals surface area contributed by atoms with Crippen LogP contribution >= 0.6 is 0 Å². The third kappa shape index (κ3) is 2.42. The Hall–Kier alpha value is -0.920. The van der Waals surface area contributed by atoms with Gasteiger partial charge in [-0.05, 0) is 13.8 Å². The van der Waals surface area contributed by atoms with Crippen LogP contribution in [0.4, 0.5) is 0 Å². The summed E-state index contributed by atoms with van der Waals surface area (Å²) in [6.07, 6.45) is 0. The van der Waals surface area contributed by atoms with Crippen molar-refractivity contribution in [2.24, 2.45) is 0 Å². The molecule has 0 saturated heterocycles. The van der Waals surface area contributed by atoms with Crippen molar-refractivity contribution in [1.29, 1.82) is 0 Å². The van der Waals surface area contributed by atoms with Crippen molar-refractivity contribution in [3.05, 3.63) is 17.0 Å². The summed E-state index contributed by atoms with van der Waals surface area (Å²) in [5.74, 6) is 0.651. The molecular weight excluding hydrogens is 230 g/mol. The maximum atomic E-state index is 11.8. The molecule has 0 fully saturated rings. The summed E-state index contributed by atoms with van der Waals surface area (Å²) in [5.41, 5.74) is 1.53. The van der Waals surface area contributed by atoms with E-state index in [1.807, 2.05) is 0 Å². The van der Waals surface area contributed by atoms with Crippen LogP contribution in [0, 0.1) is 13.8 Å². The van der Waals surface area contributed by atoms with Gasteiger partial charge in [0.1, 0.15) is 5.76 Å².